The number of benzene rings is 2. The number of para-hydroxylation sites is 1. The van der Waals surface area contributed by atoms with Crippen LogP contribution in [0.4, 0.5) is 17.2 Å². The molecule has 1 N–H and O–H groups in total. The summed E-state index contributed by atoms with van der Waals surface area (Å²) in [6, 6.07) is 16.7. The molecule has 1 aromatic heterocycles. The van der Waals surface area contributed by atoms with Crippen molar-refractivity contribution in [3.8, 4) is 0 Å². The number of hydrogen-bond acceptors (Lipinski definition) is 5. The minimum absolute atomic E-state index is 0. The number of halogens is 2. The van der Waals surface area contributed by atoms with Gasteiger partial charge in [-0.3, -0.25) is 0 Å². The lowest BCUT2D eigenvalue weighted by Gasteiger charge is -2.29. The molecule has 0 bridgehead atoms. The first-order valence-electron chi connectivity index (χ1n) is 9.17. The van der Waals surface area contributed by atoms with Crippen LogP contribution in [-0.2, 0) is 4.74 Å². The van der Waals surface area contributed by atoms with E-state index >= 15 is 0 Å². The fourth-order valence-electron chi connectivity index (χ4n) is 3.16. The van der Waals surface area contributed by atoms with Crippen molar-refractivity contribution in [2.45, 2.75) is 19.8 Å². The zero-order chi connectivity index (χ0) is 17.9. The SMILES string of the molecule is CC(C)c1nc(Nc2ccc(N3CCOCC3)cc2)c2ccccc2n1.Cl.Cl. The first kappa shape index (κ1) is 22.2. The maximum absolute atomic E-state index is 5.43. The molecule has 4 rings (SSSR count). The van der Waals surface area contributed by atoms with Crippen LogP contribution in [0.5, 0.6) is 0 Å². The van der Waals surface area contributed by atoms with E-state index in [1.165, 1.54) is 5.69 Å². The van der Waals surface area contributed by atoms with Crippen molar-refractivity contribution in [1.82, 2.24) is 9.97 Å². The Balaban J connectivity index is 0.00000140. The lowest BCUT2D eigenvalue weighted by Crippen LogP contribution is -2.36. The molecular weight excluding hydrogens is 395 g/mol. The summed E-state index contributed by atoms with van der Waals surface area (Å²) in [4.78, 5) is 11.8. The second-order valence-electron chi connectivity index (χ2n) is 6.87. The third kappa shape index (κ3) is 4.85. The zero-order valence-electron chi connectivity index (χ0n) is 16.1. The highest BCUT2D eigenvalue weighted by Crippen LogP contribution is 2.27. The largest absolute Gasteiger partial charge is 0.378 e. The first-order valence-corrected chi connectivity index (χ1v) is 9.17. The fourth-order valence-corrected chi connectivity index (χ4v) is 3.16. The number of rotatable bonds is 4. The van der Waals surface area contributed by atoms with Crippen LogP contribution in [-0.4, -0.2) is 36.3 Å². The van der Waals surface area contributed by atoms with Crippen LogP contribution in [0, 0.1) is 0 Å². The molecule has 0 amide bonds. The van der Waals surface area contributed by atoms with Gasteiger partial charge in [-0.05, 0) is 36.4 Å². The predicted octanol–water partition coefficient (Wildman–Crippen LogP) is 5.18. The highest BCUT2D eigenvalue weighted by atomic mass is 35.5. The number of hydrogen-bond donors (Lipinski definition) is 1. The molecule has 28 heavy (non-hydrogen) atoms. The molecule has 1 saturated heterocycles. The summed E-state index contributed by atoms with van der Waals surface area (Å²) in [5.74, 6) is 2.00. The van der Waals surface area contributed by atoms with Crippen molar-refractivity contribution in [1.29, 1.82) is 0 Å². The van der Waals surface area contributed by atoms with Crippen LogP contribution in [0.25, 0.3) is 10.9 Å². The van der Waals surface area contributed by atoms with Crippen molar-refractivity contribution >= 4 is 52.9 Å². The lowest BCUT2D eigenvalue weighted by molar-refractivity contribution is 0.122. The Labute approximate surface area is 178 Å². The van der Waals surface area contributed by atoms with E-state index in [-0.39, 0.29) is 30.7 Å². The third-order valence-corrected chi connectivity index (χ3v) is 4.64. The van der Waals surface area contributed by atoms with Crippen molar-refractivity contribution in [2.75, 3.05) is 36.5 Å². The number of nitrogens with one attached hydrogen (secondary N) is 1. The van der Waals surface area contributed by atoms with Gasteiger partial charge in [0.15, 0.2) is 0 Å². The Morgan fingerprint density at radius 1 is 0.929 bits per heavy atom. The summed E-state index contributed by atoms with van der Waals surface area (Å²) < 4.78 is 5.43. The van der Waals surface area contributed by atoms with Crippen molar-refractivity contribution in [3.05, 3.63) is 54.4 Å². The molecule has 150 valence electrons. The molecule has 5 nitrogen and oxygen atoms in total. The smallest absolute Gasteiger partial charge is 0.142 e. The summed E-state index contributed by atoms with van der Waals surface area (Å²) >= 11 is 0. The summed E-state index contributed by atoms with van der Waals surface area (Å²) in [6.07, 6.45) is 0. The van der Waals surface area contributed by atoms with E-state index in [9.17, 15) is 0 Å². The van der Waals surface area contributed by atoms with Crippen LogP contribution in [0.3, 0.4) is 0 Å². The van der Waals surface area contributed by atoms with E-state index < -0.39 is 0 Å². The van der Waals surface area contributed by atoms with Crippen LogP contribution < -0.4 is 10.2 Å². The van der Waals surface area contributed by atoms with Gasteiger partial charge in [0.25, 0.3) is 0 Å². The van der Waals surface area contributed by atoms with Crippen LogP contribution in [0.15, 0.2) is 48.5 Å². The number of anilines is 3. The number of aromatic nitrogens is 2. The minimum Gasteiger partial charge on any atom is -0.378 e. The van der Waals surface area contributed by atoms with Crippen molar-refractivity contribution in [3.63, 3.8) is 0 Å². The second-order valence-corrected chi connectivity index (χ2v) is 6.87. The number of ether oxygens (including phenoxy) is 1. The highest BCUT2D eigenvalue weighted by molar-refractivity contribution is 5.90. The second kappa shape index (κ2) is 9.92. The van der Waals surface area contributed by atoms with E-state index in [4.69, 9.17) is 9.72 Å². The van der Waals surface area contributed by atoms with Gasteiger partial charge in [-0.25, -0.2) is 9.97 Å². The Morgan fingerprint density at radius 3 is 2.29 bits per heavy atom. The predicted molar refractivity (Wildman–Crippen MR) is 121 cm³/mol. The molecule has 1 aliphatic rings. The highest BCUT2D eigenvalue weighted by Gasteiger charge is 2.12. The van der Waals surface area contributed by atoms with Crippen LogP contribution in [0.2, 0.25) is 0 Å². The number of nitrogens with zero attached hydrogens (tertiary/aromatic N) is 3. The molecule has 0 saturated carbocycles. The van der Waals surface area contributed by atoms with Gasteiger partial charge in [0.1, 0.15) is 11.6 Å². The summed E-state index contributed by atoms with van der Waals surface area (Å²) in [5.41, 5.74) is 3.23. The summed E-state index contributed by atoms with van der Waals surface area (Å²) in [6.45, 7) is 7.72. The first-order chi connectivity index (χ1) is 12.7. The van der Waals surface area contributed by atoms with E-state index in [1.54, 1.807) is 0 Å². The Hall–Kier alpha value is -2.08. The Kier molecular flexibility index (Phi) is 7.87. The monoisotopic (exact) mass is 420 g/mol. The Morgan fingerprint density at radius 2 is 1.61 bits per heavy atom. The quantitative estimate of drug-likeness (QED) is 0.629. The molecule has 0 unspecified atom stereocenters. The van der Waals surface area contributed by atoms with E-state index in [1.807, 2.05) is 18.2 Å². The maximum Gasteiger partial charge on any atom is 0.142 e. The normalized spacial score (nSPS) is 13.8. The molecule has 1 fully saturated rings. The fraction of sp³-hybridized carbons (Fsp3) is 0.333. The Bertz CT molecular complexity index is 897. The topological polar surface area (TPSA) is 50.3 Å². The van der Waals surface area contributed by atoms with Gasteiger partial charge in [-0.2, -0.15) is 0 Å². The van der Waals surface area contributed by atoms with Gasteiger partial charge in [0.2, 0.25) is 0 Å². The molecule has 7 heteroatoms. The van der Waals surface area contributed by atoms with Gasteiger partial charge in [0, 0.05) is 35.8 Å². The molecule has 0 radical (unpaired) electrons. The standard InChI is InChI=1S/C21H24N4O.2ClH/c1-15(2)20-23-19-6-4-3-5-18(19)21(24-20)22-16-7-9-17(10-8-16)25-11-13-26-14-12-25;;/h3-10,15H,11-14H2,1-2H3,(H,22,23,24);2*1H. The number of fused-ring (bicyclic) bond motifs is 1. The third-order valence-electron chi connectivity index (χ3n) is 4.64. The molecule has 0 atom stereocenters. The lowest BCUT2D eigenvalue weighted by atomic mass is 10.1. The van der Waals surface area contributed by atoms with Gasteiger partial charge in [-0.1, -0.05) is 26.0 Å². The average Bonchev–Trinajstić information content (AvgIpc) is 2.69. The van der Waals surface area contributed by atoms with Crippen molar-refractivity contribution < 1.29 is 4.74 Å². The van der Waals surface area contributed by atoms with E-state index in [0.29, 0.717) is 0 Å². The minimum atomic E-state index is 0. The van der Waals surface area contributed by atoms with Gasteiger partial charge >= 0.3 is 0 Å². The average molecular weight is 421 g/mol. The molecular formula is C21H26Cl2N4O. The van der Waals surface area contributed by atoms with Gasteiger partial charge < -0.3 is 15.0 Å². The molecule has 2 aromatic carbocycles. The van der Waals surface area contributed by atoms with Gasteiger partial charge in [-0.15, -0.1) is 24.8 Å². The van der Waals surface area contributed by atoms with Crippen molar-refractivity contribution in [2.24, 2.45) is 0 Å². The maximum atomic E-state index is 5.43. The zero-order valence-corrected chi connectivity index (χ0v) is 17.7. The van der Waals surface area contributed by atoms with Crippen LogP contribution in [0.1, 0.15) is 25.6 Å². The molecule has 1 aliphatic heterocycles. The van der Waals surface area contributed by atoms with E-state index in [2.05, 4.69) is 59.4 Å². The van der Waals surface area contributed by atoms with E-state index in [0.717, 1.165) is 54.5 Å². The molecule has 0 spiro atoms. The van der Waals surface area contributed by atoms with Gasteiger partial charge in [0.05, 0.1) is 18.7 Å². The summed E-state index contributed by atoms with van der Waals surface area (Å²) in [5, 5.41) is 4.51. The molecule has 3 aromatic rings. The summed E-state index contributed by atoms with van der Waals surface area (Å²) in [7, 11) is 0. The van der Waals surface area contributed by atoms with Crippen LogP contribution >= 0.6 is 24.8 Å². The molecule has 0 aliphatic carbocycles. The molecule has 2 heterocycles. The number of morpholine rings is 1.